The number of hydrogen-bond donors (Lipinski definition) is 0. The Bertz CT molecular complexity index is 1680. The minimum atomic E-state index is -4.72. The molecule has 0 spiro atoms. The van der Waals surface area contributed by atoms with Crippen LogP contribution in [0.25, 0.3) is 0 Å². The molecule has 0 bridgehead atoms. The van der Waals surface area contributed by atoms with Crippen LogP contribution in [0.1, 0.15) is 49.2 Å². The lowest BCUT2D eigenvalue weighted by Gasteiger charge is -2.21. The summed E-state index contributed by atoms with van der Waals surface area (Å²) in [5, 5.41) is 7.84. The molecular weight excluding hydrogens is 674 g/mol. The lowest BCUT2D eigenvalue weighted by molar-refractivity contribution is -0.275. The molecule has 0 amide bonds. The van der Waals surface area contributed by atoms with Gasteiger partial charge >= 0.3 is 12.7 Å². The SMILES string of the molecule is Cc1ccc(OC2=NO[C@@](C)(c3ccc(OC(F)(F)F)cc3)C2)cn1.Cc1ccc(OC2=NO[C@](C)(c3ccc(OC(F)(F)F)cc3)C2)cn1. The van der Waals surface area contributed by atoms with Gasteiger partial charge in [-0.1, -0.05) is 34.6 Å². The van der Waals surface area contributed by atoms with Crippen LogP contribution < -0.4 is 18.9 Å². The summed E-state index contributed by atoms with van der Waals surface area (Å²) in [6.45, 7) is 7.28. The Morgan fingerprint density at radius 2 is 0.880 bits per heavy atom. The van der Waals surface area contributed by atoms with Crippen LogP contribution in [0, 0.1) is 13.8 Å². The van der Waals surface area contributed by atoms with Gasteiger partial charge in [0.2, 0.25) is 11.8 Å². The lowest BCUT2D eigenvalue weighted by atomic mass is 9.93. The second kappa shape index (κ2) is 14.1. The molecule has 2 aliphatic heterocycles. The number of pyridine rings is 2. The van der Waals surface area contributed by atoms with Crippen molar-refractivity contribution in [2.75, 3.05) is 0 Å². The summed E-state index contributed by atoms with van der Waals surface area (Å²) in [4.78, 5) is 19.2. The summed E-state index contributed by atoms with van der Waals surface area (Å²) in [5.41, 5.74) is 1.39. The molecule has 0 radical (unpaired) electrons. The third-order valence-corrected chi connectivity index (χ3v) is 7.31. The van der Waals surface area contributed by atoms with E-state index in [-0.39, 0.29) is 11.5 Å². The maximum absolute atomic E-state index is 12.2. The molecule has 16 heteroatoms. The first-order valence-electron chi connectivity index (χ1n) is 14.9. The molecule has 0 aliphatic carbocycles. The minimum absolute atomic E-state index is 0.291. The van der Waals surface area contributed by atoms with E-state index < -0.39 is 23.9 Å². The highest BCUT2D eigenvalue weighted by atomic mass is 19.4. The van der Waals surface area contributed by atoms with E-state index in [1.54, 1.807) is 38.4 Å². The van der Waals surface area contributed by atoms with Gasteiger partial charge in [0.25, 0.3) is 0 Å². The number of aromatic nitrogens is 2. The lowest BCUT2D eigenvalue weighted by Crippen LogP contribution is -2.23. The summed E-state index contributed by atoms with van der Waals surface area (Å²) in [5.74, 6) is 1.21. The van der Waals surface area contributed by atoms with Crippen LogP contribution in [0.3, 0.4) is 0 Å². The zero-order chi connectivity index (χ0) is 36.2. The molecule has 264 valence electrons. The maximum Gasteiger partial charge on any atom is 0.573 e. The minimum Gasteiger partial charge on any atom is -0.438 e. The highest BCUT2D eigenvalue weighted by Crippen LogP contribution is 2.37. The van der Waals surface area contributed by atoms with Crippen LogP contribution in [0.4, 0.5) is 26.3 Å². The van der Waals surface area contributed by atoms with E-state index in [1.165, 1.54) is 48.5 Å². The number of oxime groups is 2. The zero-order valence-corrected chi connectivity index (χ0v) is 27.0. The molecule has 0 fully saturated rings. The first-order valence-corrected chi connectivity index (χ1v) is 14.9. The van der Waals surface area contributed by atoms with Crippen molar-refractivity contribution in [3.05, 3.63) is 108 Å². The maximum atomic E-state index is 12.2. The quantitative estimate of drug-likeness (QED) is 0.184. The van der Waals surface area contributed by atoms with E-state index >= 15 is 0 Å². The van der Waals surface area contributed by atoms with Gasteiger partial charge in [-0.2, -0.15) is 0 Å². The molecular formula is C34H30F6N4O6. The van der Waals surface area contributed by atoms with E-state index in [0.717, 1.165) is 11.4 Å². The fraction of sp³-hybridized carbons (Fsp3) is 0.294. The molecule has 0 unspecified atom stereocenters. The fourth-order valence-electron chi connectivity index (χ4n) is 4.75. The van der Waals surface area contributed by atoms with E-state index in [2.05, 4.69) is 29.8 Å². The first kappa shape index (κ1) is 35.8. The van der Waals surface area contributed by atoms with Crippen molar-refractivity contribution in [1.82, 2.24) is 9.97 Å². The van der Waals surface area contributed by atoms with Crippen LogP contribution in [-0.4, -0.2) is 34.5 Å². The summed E-state index contributed by atoms with van der Waals surface area (Å²) in [6, 6.07) is 18.1. The Morgan fingerprint density at radius 1 is 0.540 bits per heavy atom. The number of halogens is 6. The van der Waals surface area contributed by atoms with Crippen molar-refractivity contribution in [2.45, 2.75) is 64.5 Å². The van der Waals surface area contributed by atoms with Crippen LogP contribution in [0.15, 0.2) is 95.5 Å². The molecule has 4 heterocycles. The predicted octanol–water partition coefficient (Wildman–Crippen LogP) is 8.63. The average Bonchev–Trinajstić information content (AvgIpc) is 3.62. The summed E-state index contributed by atoms with van der Waals surface area (Å²) in [6.07, 6.45) is -5.61. The van der Waals surface area contributed by atoms with Gasteiger partial charge in [0.1, 0.15) is 23.0 Å². The van der Waals surface area contributed by atoms with Crippen LogP contribution >= 0.6 is 0 Å². The molecule has 2 aromatic heterocycles. The van der Waals surface area contributed by atoms with Gasteiger partial charge in [0.05, 0.1) is 25.2 Å². The summed E-state index contributed by atoms with van der Waals surface area (Å²) < 4.78 is 92.3. The van der Waals surface area contributed by atoms with Gasteiger partial charge < -0.3 is 28.6 Å². The number of benzene rings is 2. The molecule has 2 atom stereocenters. The molecule has 0 N–H and O–H groups in total. The van der Waals surface area contributed by atoms with Crippen LogP contribution in [0.2, 0.25) is 0 Å². The first-order chi connectivity index (χ1) is 23.5. The van der Waals surface area contributed by atoms with Crippen molar-refractivity contribution in [3.8, 4) is 23.0 Å². The van der Waals surface area contributed by atoms with Crippen molar-refractivity contribution < 1.29 is 55.0 Å². The molecule has 0 saturated heterocycles. The third-order valence-electron chi connectivity index (χ3n) is 7.31. The van der Waals surface area contributed by atoms with Gasteiger partial charge in [0, 0.05) is 11.4 Å². The number of nitrogens with zero attached hydrogens (tertiary/aromatic N) is 4. The highest BCUT2D eigenvalue weighted by Gasteiger charge is 2.39. The monoisotopic (exact) mass is 704 g/mol. The Morgan fingerprint density at radius 3 is 1.18 bits per heavy atom. The topological polar surface area (TPSA) is 106 Å². The van der Waals surface area contributed by atoms with Gasteiger partial charge in [-0.25, -0.2) is 0 Å². The molecule has 10 nitrogen and oxygen atoms in total. The van der Waals surface area contributed by atoms with E-state index in [4.69, 9.17) is 19.1 Å². The van der Waals surface area contributed by atoms with Gasteiger partial charge in [0.15, 0.2) is 11.2 Å². The second-order valence-corrected chi connectivity index (χ2v) is 11.6. The molecule has 6 rings (SSSR count). The number of rotatable bonds is 6. The fourth-order valence-corrected chi connectivity index (χ4v) is 4.75. The Kier molecular flexibility index (Phi) is 10.1. The van der Waals surface area contributed by atoms with Crippen LogP contribution in [-0.2, 0) is 20.9 Å². The van der Waals surface area contributed by atoms with E-state index in [9.17, 15) is 26.3 Å². The summed E-state index contributed by atoms with van der Waals surface area (Å²) in [7, 11) is 0. The largest absolute Gasteiger partial charge is 0.573 e. The Hall–Kier alpha value is -5.54. The highest BCUT2D eigenvalue weighted by molar-refractivity contribution is 5.81. The van der Waals surface area contributed by atoms with E-state index in [0.29, 0.717) is 47.3 Å². The number of aryl methyl sites for hydroxylation is 2. The number of hydrogen-bond acceptors (Lipinski definition) is 10. The molecule has 0 saturated carbocycles. The van der Waals surface area contributed by atoms with Gasteiger partial charge in [-0.3, -0.25) is 9.97 Å². The molecule has 50 heavy (non-hydrogen) atoms. The average molecular weight is 705 g/mol. The number of alkyl halides is 6. The predicted molar refractivity (Wildman–Crippen MR) is 166 cm³/mol. The smallest absolute Gasteiger partial charge is 0.438 e. The van der Waals surface area contributed by atoms with Gasteiger partial charge in [-0.15, -0.1) is 26.3 Å². The Labute approximate surface area is 282 Å². The Balaban J connectivity index is 0.000000194. The summed E-state index contributed by atoms with van der Waals surface area (Å²) >= 11 is 0. The van der Waals surface area contributed by atoms with Crippen molar-refractivity contribution in [1.29, 1.82) is 0 Å². The molecule has 2 aliphatic rings. The zero-order valence-electron chi connectivity index (χ0n) is 27.0. The van der Waals surface area contributed by atoms with Crippen LogP contribution in [0.5, 0.6) is 23.0 Å². The third kappa shape index (κ3) is 9.76. The normalized spacial score (nSPS) is 20.0. The van der Waals surface area contributed by atoms with Gasteiger partial charge in [-0.05, 0) is 87.4 Å². The van der Waals surface area contributed by atoms with Crippen molar-refractivity contribution in [3.63, 3.8) is 0 Å². The molecule has 4 aromatic rings. The standard InChI is InChI=1S/2C17H15F3N2O3/c2*1-11-3-6-14(10-21-11)23-15-9-16(2,25-22-15)12-4-7-13(8-5-12)24-17(18,19)20/h2*3-8,10H,9H2,1-2H3/t2*16-/m10/s1. The second-order valence-electron chi connectivity index (χ2n) is 11.6. The molecule has 2 aromatic carbocycles. The van der Waals surface area contributed by atoms with E-state index in [1.807, 2.05) is 26.0 Å². The van der Waals surface area contributed by atoms with Crippen molar-refractivity contribution >= 4 is 11.8 Å². The number of ether oxygens (including phenoxy) is 4. The van der Waals surface area contributed by atoms with Crippen molar-refractivity contribution in [2.24, 2.45) is 10.3 Å².